The SMILES string of the molecule is Cc1cc(N2CCN(C(=O)c3cc(C(C)C)nc4c3cnn4C(C)C)CC2)nc(C)n1. The van der Waals surface area contributed by atoms with Crippen LogP contribution in [0.3, 0.4) is 0 Å². The Hall–Kier alpha value is -3.03. The molecule has 31 heavy (non-hydrogen) atoms. The summed E-state index contributed by atoms with van der Waals surface area (Å²) in [5.74, 6) is 1.99. The summed E-state index contributed by atoms with van der Waals surface area (Å²) in [5.41, 5.74) is 3.37. The zero-order chi connectivity index (χ0) is 22.3. The first-order chi connectivity index (χ1) is 14.7. The van der Waals surface area contributed by atoms with Crippen molar-refractivity contribution in [2.45, 2.75) is 53.5 Å². The van der Waals surface area contributed by atoms with E-state index < -0.39 is 0 Å². The molecule has 1 aliphatic rings. The maximum Gasteiger partial charge on any atom is 0.254 e. The van der Waals surface area contributed by atoms with Gasteiger partial charge in [-0.3, -0.25) is 4.79 Å². The molecule has 8 heteroatoms. The molecule has 3 aromatic rings. The summed E-state index contributed by atoms with van der Waals surface area (Å²) in [6.45, 7) is 15.0. The van der Waals surface area contributed by atoms with Gasteiger partial charge in [-0.1, -0.05) is 13.8 Å². The van der Waals surface area contributed by atoms with Crippen molar-refractivity contribution < 1.29 is 4.79 Å². The van der Waals surface area contributed by atoms with Gasteiger partial charge < -0.3 is 9.80 Å². The van der Waals surface area contributed by atoms with Crippen molar-refractivity contribution in [3.63, 3.8) is 0 Å². The molecule has 1 saturated heterocycles. The van der Waals surface area contributed by atoms with Gasteiger partial charge in [-0.25, -0.2) is 19.6 Å². The number of nitrogens with zero attached hydrogens (tertiary/aromatic N) is 7. The summed E-state index contributed by atoms with van der Waals surface area (Å²) in [6.07, 6.45) is 1.78. The third-order valence-electron chi connectivity index (χ3n) is 5.74. The number of carbonyl (C=O) groups is 1. The Balaban J connectivity index is 1.60. The fraction of sp³-hybridized carbons (Fsp3) is 0.522. The Morgan fingerprint density at radius 2 is 1.68 bits per heavy atom. The highest BCUT2D eigenvalue weighted by atomic mass is 16.2. The summed E-state index contributed by atoms with van der Waals surface area (Å²) in [6, 6.07) is 4.13. The minimum atomic E-state index is 0.0484. The van der Waals surface area contributed by atoms with E-state index >= 15 is 0 Å². The lowest BCUT2D eigenvalue weighted by Crippen LogP contribution is -2.49. The Labute approximate surface area is 183 Å². The molecule has 1 aliphatic heterocycles. The number of rotatable bonds is 4. The number of hydrogen-bond acceptors (Lipinski definition) is 6. The van der Waals surface area contributed by atoms with Crippen LogP contribution in [0.4, 0.5) is 5.82 Å². The maximum atomic E-state index is 13.5. The second-order valence-corrected chi connectivity index (χ2v) is 8.86. The quantitative estimate of drug-likeness (QED) is 0.641. The van der Waals surface area contributed by atoms with Crippen LogP contribution in [-0.2, 0) is 0 Å². The van der Waals surface area contributed by atoms with Crippen molar-refractivity contribution in [1.82, 2.24) is 29.6 Å². The molecule has 164 valence electrons. The van der Waals surface area contributed by atoms with Crippen LogP contribution in [0.15, 0.2) is 18.3 Å². The maximum absolute atomic E-state index is 13.5. The normalized spacial score (nSPS) is 14.8. The number of aromatic nitrogens is 5. The van der Waals surface area contributed by atoms with Crippen molar-refractivity contribution in [3.8, 4) is 0 Å². The lowest BCUT2D eigenvalue weighted by atomic mass is 10.0. The number of aryl methyl sites for hydroxylation is 2. The predicted octanol–water partition coefficient (Wildman–Crippen LogP) is 3.50. The van der Waals surface area contributed by atoms with E-state index in [1.807, 2.05) is 35.6 Å². The van der Waals surface area contributed by atoms with E-state index in [9.17, 15) is 4.79 Å². The monoisotopic (exact) mass is 421 g/mol. The van der Waals surface area contributed by atoms with E-state index in [1.165, 1.54) is 0 Å². The van der Waals surface area contributed by atoms with Crippen LogP contribution in [0.1, 0.15) is 67.2 Å². The summed E-state index contributed by atoms with van der Waals surface area (Å²) < 4.78 is 1.90. The zero-order valence-electron chi connectivity index (χ0n) is 19.3. The Kier molecular flexibility index (Phi) is 5.64. The summed E-state index contributed by atoms with van der Waals surface area (Å²) in [4.78, 5) is 31.4. The minimum Gasteiger partial charge on any atom is -0.353 e. The largest absolute Gasteiger partial charge is 0.353 e. The summed E-state index contributed by atoms with van der Waals surface area (Å²) >= 11 is 0. The molecule has 4 heterocycles. The van der Waals surface area contributed by atoms with E-state index in [2.05, 4.69) is 47.7 Å². The molecule has 1 fully saturated rings. The number of fused-ring (bicyclic) bond motifs is 1. The second-order valence-electron chi connectivity index (χ2n) is 8.86. The molecule has 0 aliphatic carbocycles. The molecular weight excluding hydrogens is 390 g/mol. The molecule has 8 nitrogen and oxygen atoms in total. The van der Waals surface area contributed by atoms with Gasteiger partial charge in [-0.15, -0.1) is 0 Å². The van der Waals surface area contributed by atoms with E-state index in [1.54, 1.807) is 6.20 Å². The minimum absolute atomic E-state index is 0.0484. The molecule has 1 amide bonds. The average Bonchev–Trinajstić information content (AvgIpc) is 3.16. The molecule has 0 bridgehead atoms. The van der Waals surface area contributed by atoms with E-state index in [0.29, 0.717) is 18.7 Å². The van der Waals surface area contributed by atoms with Crippen molar-refractivity contribution in [2.75, 3.05) is 31.1 Å². The second kappa shape index (κ2) is 8.24. The fourth-order valence-corrected chi connectivity index (χ4v) is 4.06. The van der Waals surface area contributed by atoms with Gasteiger partial charge >= 0.3 is 0 Å². The van der Waals surface area contributed by atoms with Crippen LogP contribution in [0.25, 0.3) is 11.0 Å². The molecule has 0 saturated carbocycles. The van der Waals surface area contributed by atoms with Gasteiger partial charge in [-0.05, 0) is 39.7 Å². The Bertz CT molecular complexity index is 1090. The van der Waals surface area contributed by atoms with Crippen LogP contribution in [0.5, 0.6) is 0 Å². The first-order valence-electron chi connectivity index (χ1n) is 11.0. The number of piperazine rings is 1. The van der Waals surface area contributed by atoms with Crippen LogP contribution in [0.2, 0.25) is 0 Å². The lowest BCUT2D eigenvalue weighted by molar-refractivity contribution is 0.0748. The standard InChI is InChI=1S/C23H31N7O/c1-14(2)20-12-18(19-13-24-30(15(3)4)22(19)27-20)23(31)29-9-7-28(8-10-29)21-11-16(5)25-17(6)26-21/h11-15H,7-10H2,1-6H3. The van der Waals surface area contributed by atoms with Crippen LogP contribution in [0, 0.1) is 13.8 Å². The molecule has 0 N–H and O–H groups in total. The van der Waals surface area contributed by atoms with Gasteiger partial charge in [0.05, 0.1) is 17.1 Å². The van der Waals surface area contributed by atoms with E-state index in [-0.39, 0.29) is 17.9 Å². The zero-order valence-corrected chi connectivity index (χ0v) is 19.3. The van der Waals surface area contributed by atoms with Crippen molar-refractivity contribution in [2.24, 2.45) is 0 Å². The highest BCUT2D eigenvalue weighted by molar-refractivity contribution is 6.05. The topological polar surface area (TPSA) is 80.0 Å². The van der Waals surface area contributed by atoms with Crippen molar-refractivity contribution >= 4 is 22.8 Å². The van der Waals surface area contributed by atoms with Crippen molar-refractivity contribution in [1.29, 1.82) is 0 Å². The number of pyridine rings is 1. The van der Waals surface area contributed by atoms with Gasteiger partial charge in [0.2, 0.25) is 0 Å². The van der Waals surface area contributed by atoms with Gasteiger partial charge in [0.15, 0.2) is 5.65 Å². The molecule has 0 aromatic carbocycles. The van der Waals surface area contributed by atoms with Crippen LogP contribution in [-0.4, -0.2) is 61.7 Å². The number of anilines is 1. The van der Waals surface area contributed by atoms with E-state index in [4.69, 9.17) is 4.98 Å². The first-order valence-corrected chi connectivity index (χ1v) is 11.0. The summed E-state index contributed by atoms with van der Waals surface area (Å²) in [7, 11) is 0. The van der Waals surface area contributed by atoms with Gasteiger partial charge in [-0.2, -0.15) is 5.10 Å². The molecule has 0 radical (unpaired) electrons. The van der Waals surface area contributed by atoms with Crippen LogP contribution >= 0.6 is 0 Å². The molecule has 0 atom stereocenters. The molecular formula is C23H31N7O. The molecule has 0 unspecified atom stereocenters. The number of amides is 1. The Morgan fingerprint density at radius 1 is 0.968 bits per heavy atom. The third-order valence-corrected chi connectivity index (χ3v) is 5.74. The predicted molar refractivity (Wildman–Crippen MR) is 122 cm³/mol. The first kappa shape index (κ1) is 21.2. The van der Waals surface area contributed by atoms with Crippen molar-refractivity contribution in [3.05, 3.63) is 41.1 Å². The number of carbonyl (C=O) groups excluding carboxylic acids is 1. The number of hydrogen-bond donors (Lipinski definition) is 0. The van der Waals surface area contributed by atoms with Gasteiger partial charge in [0.1, 0.15) is 11.6 Å². The average molecular weight is 422 g/mol. The van der Waals surface area contributed by atoms with Gasteiger partial charge in [0, 0.05) is 49.7 Å². The molecule has 3 aromatic heterocycles. The third kappa shape index (κ3) is 4.11. The molecule has 4 rings (SSSR count). The molecule has 0 spiro atoms. The van der Waals surface area contributed by atoms with Crippen LogP contribution < -0.4 is 4.90 Å². The summed E-state index contributed by atoms with van der Waals surface area (Å²) in [5, 5.41) is 5.34. The lowest BCUT2D eigenvalue weighted by Gasteiger charge is -2.35. The smallest absolute Gasteiger partial charge is 0.254 e. The highest BCUT2D eigenvalue weighted by Crippen LogP contribution is 2.26. The highest BCUT2D eigenvalue weighted by Gasteiger charge is 2.26. The van der Waals surface area contributed by atoms with Gasteiger partial charge in [0.25, 0.3) is 5.91 Å². The van der Waals surface area contributed by atoms with E-state index in [0.717, 1.165) is 47.2 Å². The Morgan fingerprint density at radius 3 is 2.29 bits per heavy atom. The fourth-order valence-electron chi connectivity index (χ4n) is 4.06.